The van der Waals surface area contributed by atoms with Crippen LogP contribution in [0, 0.1) is 0 Å². The first kappa shape index (κ1) is 18.5. The molecule has 0 fully saturated rings. The Kier molecular flexibility index (Phi) is 5.94. The summed E-state index contributed by atoms with van der Waals surface area (Å²) >= 11 is 6.00. The summed E-state index contributed by atoms with van der Waals surface area (Å²) in [5.74, 6) is -0.581. The van der Waals surface area contributed by atoms with E-state index in [1.165, 1.54) is 24.0 Å². The van der Waals surface area contributed by atoms with Crippen LogP contribution in [0.25, 0.3) is 0 Å². The fourth-order valence-electron chi connectivity index (χ4n) is 3.30. The van der Waals surface area contributed by atoms with Crippen LogP contribution in [0.15, 0.2) is 42.5 Å². The van der Waals surface area contributed by atoms with Gasteiger partial charge in [0.05, 0.1) is 23.2 Å². The van der Waals surface area contributed by atoms with Gasteiger partial charge in [-0.25, -0.2) is 0 Å². The maximum Gasteiger partial charge on any atom is 0.253 e. The number of halogens is 1. The zero-order valence-corrected chi connectivity index (χ0v) is 15.6. The van der Waals surface area contributed by atoms with E-state index in [9.17, 15) is 9.59 Å². The standard InChI is InChI=1S/C21H23ClN2O2/c1-14(16-11-10-15-6-2-3-7-17(15)12-16)24-20(25)13-23-21(26)18-8-4-5-9-19(18)22/h4-5,8-12,14H,2-3,6-7,13H2,1H3,(H,23,26)(H,24,25)/t14-/m1/s1. The first-order valence-electron chi connectivity index (χ1n) is 8.98. The Labute approximate surface area is 158 Å². The number of hydrogen-bond acceptors (Lipinski definition) is 2. The van der Waals surface area contributed by atoms with E-state index in [1.807, 2.05) is 6.92 Å². The number of hydrogen-bond donors (Lipinski definition) is 2. The fraction of sp³-hybridized carbons (Fsp3) is 0.333. The Bertz CT molecular complexity index is 819. The number of amides is 2. The molecule has 136 valence electrons. The van der Waals surface area contributed by atoms with Gasteiger partial charge in [-0.1, -0.05) is 41.9 Å². The molecule has 0 saturated carbocycles. The van der Waals surface area contributed by atoms with Crippen LogP contribution in [0.3, 0.4) is 0 Å². The van der Waals surface area contributed by atoms with Crippen LogP contribution in [0.2, 0.25) is 5.02 Å². The van der Waals surface area contributed by atoms with Crippen molar-refractivity contribution >= 4 is 23.4 Å². The van der Waals surface area contributed by atoms with Crippen LogP contribution >= 0.6 is 11.6 Å². The topological polar surface area (TPSA) is 58.2 Å². The molecule has 2 amide bonds. The van der Waals surface area contributed by atoms with Crippen molar-refractivity contribution in [3.63, 3.8) is 0 Å². The van der Waals surface area contributed by atoms with E-state index >= 15 is 0 Å². The van der Waals surface area contributed by atoms with Gasteiger partial charge in [0.2, 0.25) is 5.91 Å². The van der Waals surface area contributed by atoms with Crippen LogP contribution in [-0.2, 0) is 17.6 Å². The largest absolute Gasteiger partial charge is 0.348 e. The van der Waals surface area contributed by atoms with Gasteiger partial charge >= 0.3 is 0 Å². The van der Waals surface area contributed by atoms with Gasteiger partial charge in [-0.3, -0.25) is 9.59 Å². The zero-order valence-electron chi connectivity index (χ0n) is 14.8. The van der Waals surface area contributed by atoms with E-state index in [4.69, 9.17) is 11.6 Å². The number of carbonyl (C=O) groups is 2. The van der Waals surface area contributed by atoms with Crippen molar-refractivity contribution < 1.29 is 9.59 Å². The second-order valence-corrected chi connectivity index (χ2v) is 7.09. The number of rotatable bonds is 5. The van der Waals surface area contributed by atoms with Crippen LogP contribution in [0.4, 0.5) is 0 Å². The number of aryl methyl sites for hydroxylation is 2. The molecule has 0 radical (unpaired) electrons. The molecule has 4 nitrogen and oxygen atoms in total. The number of carbonyl (C=O) groups excluding carboxylic acids is 2. The first-order chi connectivity index (χ1) is 12.5. The maximum absolute atomic E-state index is 12.2. The number of benzene rings is 2. The normalized spacial score (nSPS) is 14.2. The molecule has 0 spiro atoms. The van der Waals surface area contributed by atoms with E-state index < -0.39 is 0 Å². The molecule has 2 aromatic rings. The smallest absolute Gasteiger partial charge is 0.253 e. The van der Waals surface area contributed by atoms with Crippen molar-refractivity contribution in [1.29, 1.82) is 0 Å². The summed E-state index contributed by atoms with van der Waals surface area (Å²) in [4.78, 5) is 24.3. The molecular formula is C21H23ClN2O2. The second-order valence-electron chi connectivity index (χ2n) is 6.69. The van der Waals surface area contributed by atoms with Gasteiger partial charge in [0, 0.05) is 0 Å². The zero-order chi connectivity index (χ0) is 18.5. The predicted octanol–water partition coefficient (Wildman–Crippen LogP) is 3.83. The SMILES string of the molecule is C[C@@H](NC(=O)CNC(=O)c1ccccc1Cl)c1ccc2c(c1)CCCC2. The summed E-state index contributed by atoms with van der Waals surface area (Å²) in [6.07, 6.45) is 4.73. The molecule has 1 aliphatic rings. The summed E-state index contributed by atoms with van der Waals surface area (Å²) < 4.78 is 0. The van der Waals surface area contributed by atoms with E-state index in [2.05, 4.69) is 28.8 Å². The van der Waals surface area contributed by atoms with Gasteiger partial charge in [0.15, 0.2) is 0 Å². The highest BCUT2D eigenvalue weighted by atomic mass is 35.5. The molecular weight excluding hydrogens is 348 g/mol. The molecule has 26 heavy (non-hydrogen) atoms. The minimum atomic E-state index is -0.354. The van der Waals surface area contributed by atoms with Crippen LogP contribution in [0.1, 0.15) is 52.9 Å². The predicted molar refractivity (Wildman–Crippen MR) is 103 cm³/mol. The monoisotopic (exact) mass is 370 g/mol. The molecule has 0 saturated heterocycles. The summed E-state index contributed by atoms with van der Waals surface area (Å²) in [5.41, 5.74) is 4.27. The molecule has 2 aromatic carbocycles. The molecule has 0 bridgehead atoms. The molecule has 0 aromatic heterocycles. The molecule has 0 heterocycles. The lowest BCUT2D eigenvalue weighted by Crippen LogP contribution is -2.38. The van der Waals surface area contributed by atoms with Crippen molar-refractivity contribution in [3.8, 4) is 0 Å². The lowest BCUT2D eigenvalue weighted by molar-refractivity contribution is -0.120. The van der Waals surface area contributed by atoms with Crippen LogP contribution in [0.5, 0.6) is 0 Å². The summed E-state index contributed by atoms with van der Waals surface area (Å²) in [7, 11) is 0. The van der Waals surface area contributed by atoms with Gasteiger partial charge in [-0.2, -0.15) is 0 Å². The van der Waals surface area contributed by atoms with Crippen LogP contribution < -0.4 is 10.6 Å². The third-order valence-corrected chi connectivity index (χ3v) is 5.11. The van der Waals surface area contributed by atoms with Crippen LogP contribution in [-0.4, -0.2) is 18.4 Å². The molecule has 2 N–H and O–H groups in total. The van der Waals surface area contributed by atoms with E-state index in [0.717, 1.165) is 18.4 Å². The molecule has 1 atom stereocenters. The highest BCUT2D eigenvalue weighted by Crippen LogP contribution is 2.24. The Hall–Kier alpha value is -2.33. The van der Waals surface area contributed by atoms with E-state index in [-0.39, 0.29) is 24.4 Å². The van der Waals surface area contributed by atoms with Gasteiger partial charge in [0.25, 0.3) is 5.91 Å². The Morgan fingerprint density at radius 2 is 1.81 bits per heavy atom. The summed E-state index contributed by atoms with van der Waals surface area (Å²) in [6, 6.07) is 13.1. The van der Waals surface area contributed by atoms with E-state index in [0.29, 0.717) is 10.6 Å². The third kappa shape index (κ3) is 4.44. The molecule has 1 aliphatic carbocycles. The second kappa shape index (κ2) is 8.37. The minimum Gasteiger partial charge on any atom is -0.348 e. The third-order valence-electron chi connectivity index (χ3n) is 4.78. The van der Waals surface area contributed by atoms with Gasteiger partial charge in [-0.05, 0) is 61.4 Å². The lowest BCUT2D eigenvalue weighted by atomic mass is 9.89. The molecule has 5 heteroatoms. The number of nitrogens with one attached hydrogen (secondary N) is 2. The highest BCUT2D eigenvalue weighted by molar-refractivity contribution is 6.33. The Morgan fingerprint density at radius 3 is 2.58 bits per heavy atom. The maximum atomic E-state index is 12.2. The number of fused-ring (bicyclic) bond motifs is 1. The van der Waals surface area contributed by atoms with Crippen molar-refractivity contribution in [2.45, 2.75) is 38.6 Å². The molecule has 0 unspecified atom stereocenters. The van der Waals surface area contributed by atoms with Crippen molar-refractivity contribution in [1.82, 2.24) is 10.6 Å². The summed E-state index contributed by atoms with van der Waals surface area (Å²) in [6.45, 7) is 1.87. The fourth-order valence-corrected chi connectivity index (χ4v) is 3.52. The minimum absolute atomic E-state index is 0.0840. The first-order valence-corrected chi connectivity index (χ1v) is 9.36. The van der Waals surface area contributed by atoms with Crippen molar-refractivity contribution in [3.05, 3.63) is 69.7 Å². The van der Waals surface area contributed by atoms with Gasteiger partial charge < -0.3 is 10.6 Å². The molecule has 0 aliphatic heterocycles. The Morgan fingerprint density at radius 1 is 1.08 bits per heavy atom. The van der Waals surface area contributed by atoms with Gasteiger partial charge in [0.1, 0.15) is 0 Å². The van der Waals surface area contributed by atoms with Gasteiger partial charge in [-0.15, -0.1) is 0 Å². The Balaban J connectivity index is 1.54. The average molecular weight is 371 g/mol. The average Bonchev–Trinajstić information content (AvgIpc) is 2.66. The van der Waals surface area contributed by atoms with E-state index in [1.54, 1.807) is 24.3 Å². The van der Waals surface area contributed by atoms with Crippen molar-refractivity contribution in [2.24, 2.45) is 0 Å². The molecule has 3 rings (SSSR count). The quantitative estimate of drug-likeness (QED) is 0.840. The van der Waals surface area contributed by atoms with Crippen molar-refractivity contribution in [2.75, 3.05) is 6.54 Å². The highest BCUT2D eigenvalue weighted by Gasteiger charge is 2.15. The summed E-state index contributed by atoms with van der Waals surface area (Å²) in [5, 5.41) is 5.92. The lowest BCUT2D eigenvalue weighted by Gasteiger charge is -2.20.